The molecule has 5 heavy (non-hydrogen) atoms. The van der Waals surface area contributed by atoms with E-state index in [1.807, 2.05) is 0 Å². The third-order valence-corrected chi connectivity index (χ3v) is 0. The van der Waals surface area contributed by atoms with Gasteiger partial charge in [-0.25, -0.2) is 0 Å². The van der Waals surface area contributed by atoms with Crippen molar-refractivity contribution >= 4 is 48.7 Å². The van der Waals surface area contributed by atoms with Crippen molar-refractivity contribution in [1.82, 2.24) is 0 Å². The van der Waals surface area contributed by atoms with Crippen molar-refractivity contribution < 1.29 is 8.06 Å². The van der Waals surface area contributed by atoms with Crippen LogP contribution in [-0.4, -0.2) is 53.9 Å². The molecule has 0 atom stereocenters. The third-order valence-electron chi connectivity index (χ3n) is 0. The van der Waals surface area contributed by atoms with Crippen LogP contribution in [-0.2, 0) is 0 Å². The van der Waals surface area contributed by atoms with Crippen molar-refractivity contribution in [2.45, 2.75) is 0 Å². The second-order valence-corrected chi connectivity index (χ2v) is 0.0816. The van der Waals surface area contributed by atoms with Gasteiger partial charge in [0.15, 0.2) is 5.34 Å². The summed E-state index contributed by atoms with van der Waals surface area (Å²) in [6.07, 6.45) is 0. The average molecular weight is 121 g/mol. The Labute approximate surface area is 66.7 Å². The number of hydrogen-bond donors (Lipinski definition) is 1. The normalized spacial score (nSPS) is 2.40. The monoisotopic (exact) mass is 121 g/mol. The van der Waals surface area contributed by atoms with E-state index < -0.39 is 0 Å². The first-order valence-electron chi connectivity index (χ1n) is 0.383. The van der Waals surface area contributed by atoms with Crippen LogP contribution < -0.4 is 0 Å². The Morgan fingerprint density at radius 1 is 1.80 bits per heavy atom. The maximum absolute atomic E-state index is 8.11. The van der Waals surface area contributed by atoms with Crippen molar-refractivity contribution in [3.8, 4) is 0 Å². The van der Waals surface area contributed by atoms with Crippen LogP contribution in [0.4, 0.5) is 0 Å². The van der Waals surface area contributed by atoms with Gasteiger partial charge in [0.1, 0.15) is 0 Å². The first-order valence-corrected chi connectivity index (χ1v) is 0.383. The fourth-order valence-corrected chi connectivity index (χ4v) is 0. The van der Waals surface area contributed by atoms with Crippen LogP contribution in [0.2, 0.25) is 0 Å². The molecule has 30 valence electrons. The van der Waals surface area contributed by atoms with Gasteiger partial charge < -0.3 is 8.06 Å². The van der Waals surface area contributed by atoms with E-state index in [0.717, 1.165) is 0 Å². The smallest absolute Gasteiger partial charge is 1.00 e. The standard InChI is InChI=1S/Ca.HNO2.H4Si.2H/c;2-1-3;;;/h;(H,2,3);1H4;;/q+2;;;2*-1. The molecular formula is H7CaNO2Si. The van der Waals surface area contributed by atoms with Gasteiger partial charge in [-0.05, 0) is 11.0 Å². The SMILES string of the molecule is O=NO.[Ca+2].[H-].[H-].[SiH4]. The maximum Gasteiger partial charge on any atom is 2.00 e. The Bertz CT molecular complexity index is 23.2. The minimum absolute atomic E-state index is 0. The molecule has 0 unspecified atom stereocenters. The number of hydrogen-bond acceptors (Lipinski definition) is 2. The van der Waals surface area contributed by atoms with Crippen LogP contribution in [0.3, 0.4) is 0 Å². The summed E-state index contributed by atoms with van der Waals surface area (Å²) in [5.41, 5.74) is 0. The Balaban J connectivity index is -0.00000000333. The molecule has 0 saturated carbocycles. The number of nitrogens with zero attached hydrogens (tertiary/aromatic N) is 1. The third kappa shape index (κ3) is 52.5. The summed E-state index contributed by atoms with van der Waals surface area (Å²) >= 11 is 0. The Hall–Kier alpha value is 0.877. The van der Waals surface area contributed by atoms with Crippen molar-refractivity contribution in [2.75, 3.05) is 0 Å². The molecule has 3 nitrogen and oxygen atoms in total. The quantitative estimate of drug-likeness (QED) is 0.242. The molecule has 5 heteroatoms. The molecule has 0 aromatic rings. The molecule has 0 aliphatic heterocycles. The minimum atomic E-state index is 0. The molecule has 0 aliphatic rings. The van der Waals surface area contributed by atoms with Gasteiger partial charge in [0, 0.05) is 0 Å². The van der Waals surface area contributed by atoms with Crippen LogP contribution in [0.1, 0.15) is 2.85 Å². The summed E-state index contributed by atoms with van der Waals surface area (Å²) in [5.74, 6) is 0. The van der Waals surface area contributed by atoms with Gasteiger partial charge in [0.05, 0.1) is 0 Å². The fraction of sp³-hybridized carbons (Fsp3) is 0. The molecule has 0 spiro atoms. The molecule has 0 aromatic heterocycles. The predicted molar refractivity (Wildman–Crippen MR) is 26.9 cm³/mol. The van der Waals surface area contributed by atoms with Crippen LogP contribution in [0, 0.1) is 4.91 Å². The van der Waals surface area contributed by atoms with Crippen molar-refractivity contribution in [3.05, 3.63) is 4.91 Å². The van der Waals surface area contributed by atoms with E-state index in [2.05, 4.69) is 0 Å². The van der Waals surface area contributed by atoms with Crippen molar-refractivity contribution in [1.29, 1.82) is 0 Å². The van der Waals surface area contributed by atoms with Gasteiger partial charge in [-0.2, -0.15) is 0 Å². The summed E-state index contributed by atoms with van der Waals surface area (Å²) in [5, 5.41) is 7.89. The molecule has 0 bridgehead atoms. The van der Waals surface area contributed by atoms with Gasteiger partial charge in [-0.3, -0.25) is 0 Å². The maximum atomic E-state index is 8.11. The summed E-state index contributed by atoms with van der Waals surface area (Å²) in [4.78, 5) is 8.11. The van der Waals surface area contributed by atoms with Crippen molar-refractivity contribution in [3.63, 3.8) is 0 Å². The van der Waals surface area contributed by atoms with Crippen LogP contribution in [0.25, 0.3) is 0 Å². The van der Waals surface area contributed by atoms with Gasteiger partial charge in [0.2, 0.25) is 0 Å². The van der Waals surface area contributed by atoms with Crippen LogP contribution in [0.15, 0.2) is 5.34 Å². The summed E-state index contributed by atoms with van der Waals surface area (Å²) < 4.78 is 0. The summed E-state index contributed by atoms with van der Waals surface area (Å²) in [6.45, 7) is 0. The number of rotatable bonds is 0. The van der Waals surface area contributed by atoms with Gasteiger partial charge in [-0.1, -0.05) is 0 Å². The molecule has 0 radical (unpaired) electrons. The predicted octanol–water partition coefficient (Wildman–Crippen LogP) is -1.47. The molecule has 0 aliphatic carbocycles. The molecule has 0 fully saturated rings. The van der Waals surface area contributed by atoms with Gasteiger partial charge >= 0.3 is 37.7 Å². The topological polar surface area (TPSA) is 49.7 Å². The Morgan fingerprint density at radius 3 is 1.80 bits per heavy atom. The van der Waals surface area contributed by atoms with E-state index in [-0.39, 0.29) is 51.6 Å². The second-order valence-electron chi connectivity index (χ2n) is 0.0816. The minimum Gasteiger partial charge on any atom is -1.00 e. The van der Waals surface area contributed by atoms with E-state index in [1.54, 1.807) is 0 Å². The van der Waals surface area contributed by atoms with E-state index in [1.165, 1.54) is 5.34 Å². The zero-order valence-electron chi connectivity index (χ0n) is 4.01. The average Bonchev–Trinajstić information content (AvgIpc) is 0.918. The molecule has 0 amide bonds. The van der Waals surface area contributed by atoms with Gasteiger partial charge in [0.25, 0.3) is 0 Å². The first-order chi connectivity index (χ1) is 1.41. The van der Waals surface area contributed by atoms with E-state index >= 15 is 0 Å². The molecule has 1 N–H and O–H groups in total. The van der Waals surface area contributed by atoms with E-state index in [9.17, 15) is 0 Å². The Morgan fingerprint density at radius 2 is 1.80 bits per heavy atom. The van der Waals surface area contributed by atoms with Crippen LogP contribution >= 0.6 is 0 Å². The zero-order chi connectivity index (χ0) is 2.71. The van der Waals surface area contributed by atoms with Crippen LogP contribution in [0.5, 0.6) is 0 Å². The van der Waals surface area contributed by atoms with E-state index in [0.29, 0.717) is 0 Å². The molecule has 0 saturated heterocycles. The first kappa shape index (κ1) is 16.9. The molecular weight excluding hydrogens is 114 g/mol. The fourth-order valence-electron chi connectivity index (χ4n) is 0. The summed E-state index contributed by atoms with van der Waals surface area (Å²) in [7, 11) is 0. The Kier molecular flexibility index (Phi) is 70.3. The van der Waals surface area contributed by atoms with Gasteiger partial charge in [-0.15, -0.1) is 4.91 Å². The molecule has 0 rings (SSSR count). The van der Waals surface area contributed by atoms with Crippen molar-refractivity contribution in [2.24, 2.45) is 5.34 Å². The largest absolute Gasteiger partial charge is 2.00 e. The second kappa shape index (κ2) is 20.8. The van der Waals surface area contributed by atoms with E-state index in [4.69, 9.17) is 10.1 Å². The molecule has 0 aromatic carbocycles. The zero-order valence-corrected chi connectivity index (χ0v) is 4.22. The molecule has 0 heterocycles. The summed E-state index contributed by atoms with van der Waals surface area (Å²) in [6, 6.07) is 0.